The molecular weight excluding hydrogens is 248 g/mol. The molecule has 0 atom stereocenters. The molecule has 4 heteroatoms. The average Bonchev–Trinajstić information content (AvgIpc) is 2.39. The zero-order chi connectivity index (χ0) is 14.7. The SMILES string of the molecule is CCN(c1nc(C)cc(C)c1C(=N)N)C1CCCCC1. The predicted octanol–water partition coefficient (Wildman–Crippen LogP) is 3.14. The minimum Gasteiger partial charge on any atom is -0.384 e. The van der Waals surface area contributed by atoms with Gasteiger partial charge in [-0.2, -0.15) is 0 Å². The summed E-state index contributed by atoms with van der Waals surface area (Å²) in [5, 5.41) is 7.88. The van der Waals surface area contributed by atoms with E-state index in [2.05, 4.69) is 11.8 Å². The molecule has 3 N–H and O–H groups in total. The average molecular weight is 274 g/mol. The van der Waals surface area contributed by atoms with E-state index in [1.165, 1.54) is 32.1 Å². The third-order valence-corrected chi connectivity index (χ3v) is 4.22. The number of hydrogen-bond acceptors (Lipinski definition) is 3. The number of rotatable bonds is 4. The summed E-state index contributed by atoms with van der Waals surface area (Å²) in [6.45, 7) is 7.11. The Morgan fingerprint density at radius 2 is 2.00 bits per heavy atom. The van der Waals surface area contributed by atoms with Crippen molar-refractivity contribution in [3.05, 3.63) is 22.9 Å². The second kappa shape index (κ2) is 6.25. The smallest absolute Gasteiger partial charge is 0.140 e. The molecule has 110 valence electrons. The Balaban J connectivity index is 2.44. The van der Waals surface area contributed by atoms with Crippen LogP contribution in [0.3, 0.4) is 0 Å². The highest BCUT2D eigenvalue weighted by Crippen LogP contribution is 2.29. The number of aromatic nitrogens is 1. The fourth-order valence-corrected chi connectivity index (χ4v) is 3.33. The van der Waals surface area contributed by atoms with E-state index in [-0.39, 0.29) is 5.84 Å². The van der Waals surface area contributed by atoms with E-state index in [1.54, 1.807) is 0 Å². The summed E-state index contributed by atoms with van der Waals surface area (Å²) in [7, 11) is 0. The second-order valence-electron chi connectivity index (χ2n) is 5.77. The fraction of sp³-hybridized carbons (Fsp3) is 0.625. The van der Waals surface area contributed by atoms with E-state index in [0.717, 1.165) is 29.2 Å². The molecule has 0 amide bonds. The van der Waals surface area contributed by atoms with Gasteiger partial charge < -0.3 is 10.6 Å². The number of nitrogens with one attached hydrogen (secondary N) is 1. The summed E-state index contributed by atoms with van der Waals surface area (Å²) >= 11 is 0. The molecular formula is C16H26N4. The maximum Gasteiger partial charge on any atom is 0.140 e. The molecule has 20 heavy (non-hydrogen) atoms. The topological polar surface area (TPSA) is 66.0 Å². The molecule has 4 nitrogen and oxygen atoms in total. The highest BCUT2D eigenvalue weighted by Gasteiger charge is 2.25. The van der Waals surface area contributed by atoms with Gasteiger partial charge in [0.25, 0.3) is 0 Å². The lowest BCUT2D eigenvalue weighted by Gasteiger charge is -2.36. The summed E-state index contributed by atoms with van der Waals surface area (Å²) in [5.74, 6) is 1.03. The highest BCUT2D eigenvalue weighted by molar-refractivity contribution is 6.01. The molecule has 1 aromatic rings. The van der Waals surface area contributed by atoms with Crippen molar-refractivity contribution in [2.24, 2.45) is 5.73 Å². The Labute approximate surface area is 121 Å². The van der Waals surface area contributed by atoms with Gasteiger partial charge in [0.1, 0.15) is 11.7 Å². The van der Waals surface area contributed by atoms with Gasteiger partial charge in [-0.05, 0) is 45.2 Å². The van der Waals surface area contributed by atoms with Crippen LogP contribution in [0.1, 0.15) is 55.8 Å². The predicted molar refractivity (Wildman–Crippen MR) is 84.6 cm³/mol. The van der Waals surface area contributed by atoms with Crippen molar-refractivity contribution in [2.45, 2.75) is 58.9 Å². The summed E-state index contributed by atoms with van der Waals surface area (Å²) in [6, 6.07) is 2.55. The molecule has 0 spiro atoms. The Bertz CT molecular complexity index is 489. The maximum absolute atomic E-state index is 7.88. The number of aryl methyl sites for hydroxylation is 2. The minimum atomic E-state index is 0.124. The number of anilines is 1. The molecule has 0 aliphatic heterocycles. The first-order valence-electron chi connectivity index (χ1n) is 7.63. The number of nitrogens with zero attached hydrogens (tertiary/aromatic N) is 2. The van der Waals surface area contributed by atoms with Gasteiger partial charge in [0.15, 0.2) is 0 Å². The van der Waals surface area contributed by atoms with Crippen LogP contribution < -0.4 is 10.6 Å². The largest absolute Gasteiger partial charge is 0.384 e. The molecule has 1 fully saturated rings. The molecule has 1 aliphatic carbocycles. The van der Waals surface area contributed by atoms with Crippen LogP contribution in [-0.2, 0) is 0 Å². The van der Waals surface area contributed by atoms with Gasteiger partial charge in [-0.15, -0.1) is 0 Å². The van der Waals surface area contributed by atoms with Crippen molar-refractivity contribution in [1.29, 1.82) is 5.41 Å². The van der Waals surface area contributed by atoms with Crippen molar-refractivity contribution in [3.63, 3.8) is 0 Å². The molecule has 0 saturated heterocycles. The van der Waals surface area contributed by atoms with Crippen LogP contribution in [0.5, 0.6) is 0 Å². The van der Waals surface area contributed by atoms with E-state index in [4.69, 9.17) is 16.1 Å². The molecule has 1 aliphatic rings. The van der Waals surface area contributed by atoms with E-state index >= 15 is 0 Å². The molecule has 0 radical (unpaired) electrons. The van der Waals surface area contributed by atoms with Crippen LogP contribution in [0.25, 0.3) is 0 Å². The maximum atomic E-state index is 7.88. The first-order valence-corrected chi connectivity index (χ1v) is 7.63. The lowest BCUT2D eigenvalue weighted by atomic mass is 9.93. The molecule has 0 bridgehead atoms. The Morgan fingerprint density at radius 1 is 1.35 bits per heavy atom. The fourth-order valence-electron chi connectivity index (χ4n) is 3.33. The van der Waals surface area contributed by atoms with Gasteiger partial charge in [-0.1, -0.05) is 19.3 Å². The van der Waals surface area contributed by atoms with E-state index < -0.39 is 0 Å². The van der Waals surface area contributed by atoms with Crippen LogP contribution in [0, 0.1) is 19.3 Å². The van der Waals surface area contributed by atoms with Crippen LogP contribution >= 0.6 is 0 Å². The minimum absolute atomic E-state index is 0.124. The standard InChI is InChI=1S/C16H26N4/c1-4-20(13-8-6-5-7-9-13)16-14(15(17)18)11(2)10-12(3)19-16/h10,13H,4-9H2,1-3H3,(H3,17,18). The molecule has 0 aromatic carbocycles. The second-order valence-corrected chi connectivity index (χ2v) is 5.77. The Kier molecular flexibility index (Phi) is 4.63. The summed E-state index contributed by atoms with van der Waals surface area (Å²) in [4.78, 5) is 7.06. The van der Waals surface area contributed by atoms with Gasteiger partial charge in [-0.3, -0.25) is 5.41 Å². The van der Waals surface area contributed by atoms with Gasteiger partial charge in [0, 0.05) is 18.3 Å². The molecule has 1 heterocycles. The first-order chi connectivity index (χ1) is 9.54. The first kappa shape index (κ1) is 14.8. The van der Waals surface area contributed by atoms with Crippen molar-refractivity contribution in [2.75, 3.05) is 11.4 Å². The van der Waals surface area contributed by atoms with E-state index in [1.807, 2.05) is 19.9 Å². The zero-order valence-electron chi connectivity index (χ0n) is 12.9. The van der Waals surface area contributed by atoms with Gasteiger partial charge in [0.05, 0.1) is 5.56 Å². The van der Waals surface area contributed by atoms with Crippen LogP contribution in [0.4, 0.5) is 5.82 Å². The number of pyridine rings is 1. The normalized spacial score (nSPS) is 16.1. The summed E-state index contributed by atoms with van der Waals surface area (Å²) in [5.41, 5.74) is 8.66. The van der Waals surface area contributed by atoms with E-state index in [0.29, 0.717) is 6.04 Å². The van der Waals surface area contributed by atoms with Crippen LogP contribution in [-0.4, -0.2) is 23.4 Å². The molecule has 1 aromatic heterocycles. The number of hydrogen-bond donors (Lipinski definition) is 2. The van der Waals surface area contributed by atoms with Crippen LogP contribution in [0.15, 0.2) is 6.07 Å². The van der Waals surface area contributed by atoms with Gasteiger partial charge >= 0.3 is 0 Å². The van der Waals surface area contributed by atoms with Gasteiger partial charge in [-0.25, -0.2) is 4.98 Å². The zero-order valence-corrected chi connectivity index (χ0v) is 12.9. The molecule has 0 unspecified atom stereocenters. The Morgan fingerprint density at radius 3 is 2.55 bits per heavy atom. The molecule has 2 rings (SSSR count). The quantitative estimate of drug-likeness (QED) is 0.655. The summed E-state index contributed by atoms with van der Waals surface area (Å²) < 4.78 is 0. The van der Waals surface area contributed by atoms with Crippen molar-refractivity contribution >= 4 is 11.7 Å². The lowest BCUT2D eigenvalue weighted by molar-refractivity contribution is 0.416. The third-order valence-electron chi connectivity index (χ3n) is 4.22. The van der Waals surface area contributed by atoms with Crippen LogP contribution in [0.2, 0.25) is 0 Å². The monoisotopic (exact) mass is 274 g/mol. The summed E-state index contributed by atoms with van der Waals surface area (Å²) in [6.07, 6.45) is 6.37. The third kappa shape index (κ3) is 2.94. The van der Waals surface area contributed by atoms with Gasteiger partial charge in [0.2, 0.25) is 0 Å². The number of nitrogens with two attached hydrogens (primary N) is 1. The van der Waals surface area contributed by atoms with Crippen molar-refractivity contribution < 1.29 is 0 Å². The lowest BCUT2D eigenvalue weighted by Crippen LogP contribution is -2.39. The molecule has 1 saturated carbocycles. The number of nitrogen functional groups attached to an aromatic ring is 1. The Hall–Kier alpha value is -1.58. The number of amidine groups is 1. The highest BCUT2D eigenvalue weighted by atomic mass is 15.2. The van der Waals surface area contributed by atoms with Crippen molar-refractivity contribution in [1.82, 2.24) is 4.98 Å². The van der Waals surface area contributed by atoms with E-state index in [9.17, 15) is 0 Å². The van der Waals surface area contributed by atoms with Crippen molar-refractivity contribution in [3.8, 4) is 0 Å².